The number of anilines is 1. The zero-order valence-corrected chi connectivity index (χ0v) is 13.2. The summed E-state index contributed by atoms with van der Waals surface area (Å²) in [7, 11) is 0. The maximum Gasteiger partial charge on any atom is 0.255 e. The maximum atomic E-state index is 12.3. The van der Waals surface area contributed by atoms with Gasteiger partial charge in [-0.2, -0.15) is 5.10 Å². The predicted octanol–water partition coefficient (Wildman–Crippen LogP) is 3.20. The molecule has 0 aliphatic carbocycles. The lowest BCUT2D eigenvalue weighted by Crippen LogP contribution is -2.12. The fourth-order valence-corrected chi connectivity index (χ4v) is 2.29. The fourth-order valence-electron chi connectivity index (χ4n) is 2.29. The van der Waals surface area contributed by atoms with Gasteiger partial charge in [0, 0.05) is 11.3 Å². The number of aromatic nitrogens is 3. The molecule has 116 valence electrons. The van der Waals surface area contributed by atoms with E-state index >= 15 is 0 Å². The van der Waals surface area contributed by atoms with Crippen LogP contribution in [0, 0.1) is 13.8 Å². The van der Waals surface area contributed by atoms with Crippen LogP contribution in [0.5, 0.6) is 0 Å². The molecule has 0 fully saturated rings. The zero-order valence-electron chi connectivity index (χ0n) is 13.2. The molecule has 0 unspecified atom stereocenters. The van der Waals surface area contributed by atoms with Gasteiger partial charge in [-0.05, 0) is 54.8 Å². The normalized spacial score (nSPS) is 10.5. The van der Waals surface area contributed by atoms with Crippen molar-refractivity contribution in [1.82, 2.24) is 14.8 Å². The Balaban J connectivity index is 1.68. The van der Waals surface area contributed by atoms with E-state index in [0.717, 1.165) is 16.8 Å². The second-order valence-corrected chi connectivity index (χ2v) is 5.54. The molecule has 3 aromatic rings. The fraction of sp³-hybridized carbons (Fsp3) is 0.167. The first-order valence-electron chi connectivity index (χ1n) is 7.42. The lowest BCUT2D eigenvalue weighted by molar-refractivity contribution is 0.102. The van der Waals surface area contributed by atoms with E-state index in [4.69, 9.17) is 0 Å². The van der Waals surface area contributed by atoms with Crippen molar-refractivity contribution < 1.29 is 4.79 Å². The summed E-state index contributed by atoms with van der Waals surface area (Å²) in [4.78, 5) is 16.2. The maximum absolute atomic E-state index is 12.3. The van der Waals surface area contributed by atoms with E-state index in [2.05, 4.69) is 22.3 Å². The van der Waals surface area contributed by atoms with Crippen molar-refractivity contribution in [1.29, 1.82) is 0 Å². The third-order valence-electron chi connectivity index (χ3n) is 3.79. The molecule has 0 saturated carbocycles. The van der Waals surface area contributed by atoms with Crippen LogP contribution < -0.4 is 5.32 Å². The number of rotatable bonds is 4. The Bertz CT molecular complexity index is 808. The van der Waals surface area contributed by atoms with E-state index in [1.54, 1.807) is 11.0 Å². The first-order valence-corrected chi connectivity index (χ1v) is 7.42. The lowest BCUT2D eigenvalue weighted by Gasteiger charge is -2.08. The van der Waals surface area contributed by atoms with Crippen molar-refractivity contribution in [3.8, 4) is 0 Å². The number of benzene rings is 2. The summed E-state index contributed by atoms with van der Waals surface area (Å²) in [6.45, 7) is 4.72. The van der Waals surface area contributed by atoms with Crippen molar-refractivity contribution in [2.75, 3.05) is 5.32 Å². The minimum Gasteiger partial charge on any atom is -0.322 e. The second-order valence-electron chi connectivity index (χ2n) is 5.54. The Morgan fingerprint density at radius 1 is 1.09 bits per heavy atom. The smallest absolute Gasteiger partial charge is 0.255 e. The Labute approximate surface area is 135 Å². The largest absolute Gasteiger partial charge is 0.322 e. The van der Waals surface area contributed by atoms with Crippen molar-refractivity contribution in [3.05, 3.63) is 77.4 Å². The van der Waals surface area contributed by atoms with E-state index in [-0.39, 0.29) is 5.91 Å². The third-order valence-corrected chi connectivity index (χ3v) is 3.79. The molecule has 0 atom stereocenters. The van der Waals surface area contributed by atoms with Crippen LogP contribution in [0.3, 0.4) is 0 Å². The Kier molecular flexibility index (Phi) is 4.19. The van der Waals surface area contributed by atoms with E-state index < -0.39 is 0 Å². The number of nitrogens with zero attached hydrogens (tertiary/aromatic N) is 3. The van der Waals surface area contributed by atoms with Gasteiger partial charge in [-0.15, -0.1) is 0 Å². The first-order chi connectivity index (χ1) is 11.1. The third kappa shape index (κ3) is 3.63. The highest BCUT2D eigenvalue weighted by Gasteiger charge is 2.07. The van der Waals surface area contributed by atoms with Crippen molar-refractivity contribution in [2.24, 2.45) is 0 Å². The van der Waals surface area contributed by atoms with Crippen LogP contribution in [-0.2, 0) is 6.54 Å². The molecule has 5 nitrogen and oxygen atoms in total. The number of carbonyl (C=O) groups is 1. The van der Waals surface area contributed by atoms with E-state index in [0.29, 0.717) is 12.1 Å². The molecule has 0 aliphatic heterocycles. The van der Waals surface area contributed by atoms with E-state index in [1.165, 1.54) is 11.9 Å². The highest BCUT2D eigenvalue weighted by molar-refractivity contribution is 6.04. The summed E-state index contributed by atoms with van der Waals surface area (Å²) < 4.78 is 1.74. The molecule has 23 heavy (non-hydrogen) atoms. The van der Waals surface area contributed by atoms with E-state index in [1.807, 2.05) is 49.4 Å². The number of aryl methyl sites for hydroxylation is 2. The van der Waals surface area contributed by atoms with Gasteiger partial charge in [0.15, 0.2) is 0 Å². The van der Waals surface area contributed by atoms with Gasteiger partial charge < -0.3 is 5.32 Å². The van der Waals surface area contributed by atoms with Crippen LogP contribution in [0.2, 0.25) is 0 Å². The van der Waals surface area contributed by atoms with Crippen molar-refractivity contribution in [2.45, 2.75) is 20.4 Å². The van der Waals surface area contributed by atoms with Crippen LogP contribution >= 0.6 is 0 Å². The predicted molar refractivity (Wildman–Crippen MR) is 89.4 cm³/mol. The number of hydrogen-bond donors (Lipinski definition) is 1. The van der Waals surface area contributed by atoms with Crippen LogP contribution in [0.25, 0.3) is 0 Å². The summed E-state index contributed by atoms with van der Waals surface area (Å²) in [5.41, 5.74) is 4.88. The molecule has 0 radical (unpaired) electrons. The quantitative estimate of drug-likeness (QED) is 0.805. The molecule has 0 aliphatic rings. The van der Waals surface area contributed by atoms with Gasteiger partial charge in [-0.3, -0.25) is 4.79 Å². The summed E-state index contributed by atoms with van der Waals surface area (Å²) in [5, 5.41) is 6.99. The molecule has 1 aromatic heterocycles. The van der Waals surface area contributed by atoms with Gasteiger partial charge in [0.25, 0.3) is 5.91 Å². The van der Waals surface area contributed by atoms with Crippen LogP contribution in [0.4, 0.5) is 5.69 Å². The molecule has 5 heteroatoms. The van der Waals surface area contributed by atoms with Gasteiger partial charge in [0.1, 0.15) is 12.7 Å². The topological polar surface area (TPSA) is 59.8 Å². The standard InChI is InChI=1S/C18H18N4O/c1-13-3-8-17(9-14(13)2)21-18(23)16-6-4-15(5-7-16)10-22-12-19-11-20-22/h3-9,11-12H,10H2,1-2H3,(H,21,23). The average Bonchev–Trinajstić information content (AvgIpc) is 3.04. The van der Waals surface area contributed by atoms with Gasteiger partial charge in [0.2, 0.25) is 0 Å². The molecule has 1 N–H and O–H groups in total. The molecular formula is C18H18N4O. The van der Waals surface area contributed by atoms with E-state index in [9.17, 15) is 4.79 Å². The number of nitrogens with one attached hydrogen (secondary N) is 1. The minimum atomic E-state index is -0.111. The molecule has 0 spiro atoms. The molecule has 1 heterocycles. The first kappa shape index (κ1) is 15.0. The molecule has 2 aromatic carbocycles. The Morgan fingerprint density at radius 3 is 2.52 bits per heavy atom. The molecule has 1 amide bonds. The molecule has 3 rings (SSSR count). The summed E-state index contributed by atoms with van der Waals surface area (Å²) in [6.07, 6.45) is 3.17. The minimum absolute atomic E-state index is 0.111. The van der Waals surface area contributed by atoms with Gasteiger partial charge in [-0.25, -0.2) is 9.67 Å². The highest BCUT2D eigenvalue weighted by Crippen LogP contribution is 2.15. The van der Waals surface area contributed by atoms with Gasteiger partial charge >= 0.3 is 0 Å². The van der Waals surface area contributed by atoms with Gasteiger partial charge in [0.05, 0.1) is 6.54 Å². The Hall–Kier alpha value is -2.95. The SMILES string of the molecule is Cc1ccc(NC(=O)c2ccc(Cn3cncn3)cc2)cc1C. The lowest BCUT2D eigenvalue weighted by atomic mass is 10.1. The summed E-state index contributed by atoms with van der Waals surface area (Å²) in [6, 6.07) is 13.4. The molecular weight excluding hydrogens is 288 g/mol. The monoisotopic (exact) mass is 306 g/mol. The van der Waals surface area contributed by atoms with Crippen LogP contribution in [0.15, 0.2) is 55.1 Å². The molecule has 0 saturated heterocycles. The molecule has 0 bridgehead atoms. The second kappa shape index (κ2) is 6.44. The summed E-state index contributed by atoms with van der Waals surface area (Å²) in [5.74, 6) is -0.111. The average molecular weight is 306 g/mol. The zero-order chi connectivity index (χ0) is 16.2. The van der Waals surface area contributed by atoms with Crippen LogP contribution in [0.1, 0.15) is 27.0 Å². The van der Waals surface area contributed by atoms with Crippen molar-refractivity contribution in [3.63, 3.8) is 0 Å². The number of carbonyl (C=O) groups excluding carboxylic acids is 1. The van der Waals surface area contributed by atoms with Gasteiger partial charge in [-0.1, -0.05) is 18.2 Å². The number of amides is 1. The Morgan fingerprint density at radius 2 is 1.87 bits per heavy atom. The summed E-state index contributed by atoms with van der Waals surface area (Å²) >= 11 is 0. The number of hydrogen-bond acceptors (Lipinski definition) is 3. The van der Waals surface area contributed by atoms with Crippen LogP contribution in [-0.4, -0.2) is 20.7 Å². The highest BCUT2D eigenvalue weighted by atomic mass is 16.1. The van der Waals surface area contributed by atoms with Crippen molar-refractivity contribution >= 4 is 11.6 Å².